The van der Waals surface area contributed by atoms with E-state index in [0.29, 0.717) is 16.8 Å². The Morgan fingerprint density at radius 3 is 2.48 bits per heavy atom. The fourth-order valence-electron chi connectivity index (χ4n) is 3.35. The highest BCUT2D eigenvalue weighted by Crippen LogP contribution is 2.26. The summed E-state index contributed by atoms with van der Waals surface area (Å²) in [6.07, 6.45) is -0.491. The first-order valence-corrected chi connectivity index (χ1v) is 10.4. The lowest BCUT2D eigenvalue weighted by atomic mass is 10.0. The molecule has 0 aliphatic carbocycles. The van der Waals surface area contributed by atoms with Crippen molar-refractivity contribution in [1.82, 2.24) is 15.5 Å². The van der Waals surface area contributed by atoms with Crippen molar-refractivity contribution in [3.8, 4) is 11.3 Å². The van der Waals surface area contributed by atoms with Gasteiger partial charge in [-0.1, -0.05) is 60.7 Å². The summed E-state index contributed by atoms with van der Waals surface area (Å²) in [7, 11) is 0. The second-order valence-corrected chi connectivity index (χ2v) is 7.31. The molecular formula is C25H22N4O4. The number of alkyl carbamates (subject to hydrolysis) is 1. The van der Waals surface area contributed by atoms with Gasteiger partial charge in [0.25, 0.3) is 5.56 Å². The van der Waals surface area contributed by atoms with E-state index >= 15 is 0 Å². The first-order chi connectivity index (χ1) is 16.1. The van der Waals surface area contributed by atoms with Gasteiger partial charge in [0.2, 0.25) is 5.91 Å². The second kappa shape index (κ2) is 10.2. The van der Waals surface area contributed by atoms with Gasteiger partial charge >= 0.3 is 6.09 Å². The zero-order valence-corrected chi connectivity index (χ0v) is 17.7. The first kappa shape index (κ1) is 21.8. The summed E-state index contributed by atoms with van der Waals surface area (Å²) in [5.74, 6) is -0.255. The number of anilines is 1. The Kier molecular flexibility index (Phi) is 6.75. The van der Waals surface area contributed by atoms with Crippen LogP contribution in [0.3, 0.4) is 0 Å². The summed E-state index contributed by atoms with van der Waals surface area (Å²) in [6, 6.07) is 23.8. The van der Waals surface area contributed by atoms with Crippen LogP contribution in [0.2, 0.25) is 0 Å². The van der Waals surface area contributed by atoms with Crippen molar-refractivity contribution in [1.29, 1.82) is 0 Å². The fraction of sp³-hybridized carbons (Fsp3) is 0.120. The number of benzene rings is 3. The minimum Gasteiger partial charge on any atom is -0.445 e. The van der Waals surface area contributed by atoms with Gasteiger partial charge in [-0.2, -0.15) is 5.10 Å². The molecule has 0 saturated heterocycles. The van der Waals surface area contributed by atoms with E-state index in [2.05, 4.69) is 20.8 Å². The Labute approximate surface area is 189 Å². The number of fused-ring (bicyclic) bond motifs is 1. The minimum atomic E-state index is -0.579. The summed E-state index contributed by atoms with van der Waals surface area (Å²) in [5, 5.41) is 13.4. The predicted molar refractivity (Wildman–Crippen MR) is 126 cm³/mol. The predicted octanol–water partition coefficient (Wildman–Crippen LogP) is 3.85. The van der Waals surface area contributed by atoms with Crippen LogP contribution in [-0.4, -0.2) is 28.7 Å². The number of carbonyl (C=O) groups excluding carboxylic acids is 2. The van der Waals surface area contributed by atoms with Crippen molar-refractivity contribution in [2.45, 2.75) is 13.0 Å². The molecule has 0 aliphatic rings. The van der Waals surface area contributed by atoms with Gasteiger partial charge in [-0.15, -0.1) is 0 Å². The van der Waals surface area contributed by atoms with Gasteiger partial charge < -0.3 is 15.4 Å². The van der Waals surface area contributed by atoms with Crippen molar-refractivity contribution in [2.24, 2.45) is 0 Å². The molecule has 0 spiro atoms. The van der Waals surface area contributed by atoms with Crippen LogP contribution in [0.4, 0.5) is 10.5 Å². The van der Waals surface area contributed by atoms with Crippen LogP contribution in [0, 0.1) is 0 Å². The number of aromatic amines is 1. The Balaban J connectivity index is 1.32. The maximum Gasteiger partial charge on any atom is 0.407 e. The molecule has 0 atom stereocenters. The lowest BCUT2D eigenvalue weighted by Crippen LogP contribution is -2.28. The molecule has 33 heavy (non-hydrogen) atoms. The molecule has 0 bridgehead atoms. The highest BCUT2D eigenvalue weighted by Gasteiger charge is 2.10. The van der Waals surface area contributed by atoms with Crippen LogP contribution in [-0.2, 0) is 16.1 Å². The van der Waals surface area contributed by atoms with Crippen molar-refractivity contribution in [3.63, 3.8) is 0 Å². The maximum absolute atomic E-state index is 12.3. The molecule has 3 N–H and O–H groups in total. The molecule has 4 aromatic rings. The Bertz CT molecular complexity index is 1340. The molecule has 0 aliphatic heterocycles. The lowest BCUT2D eigenvalue weighted by molar-refractivity contribution is -0.116. The van der Waals surface area contributed by atoms with E-state index in [1.165, 1.54) is 0 Å². The van der Waals surface area contributed by atoms with Crippen LogP contribution < -0.4 is 16.2 Å². The third kappa shape index (κ3) is 5.62. The Morgan fingerprint density at radius 1 is 0.909 bits per heavy atom. The van der Waals surface area contributed by atoms with Gasteiger partial charge in [-0.25, -0.2) is 9.89 Å². The number of ether oxygens (including phenoxy) is 1. The topological polar surface area (TPSA) is 113 Å². The summed E-state index contributed by atoms with van der Waals surface area (Å²) in [4.78, 5) is 36.1. The van der Waals surface area contributed by atoms with E-state index in [-0.39, 0.29) is 31.0 Å². The van der Waals surface area contributed by atoms with Crippen molar-refractivity contribution in [3.05, 3.63) is 94.8 Å². The maximum atomic E-state index is 12.3. The van der Waals surface area contributed by atoms with E-state index in [4.69, 9.17) is 4.74 Å². The number of aromatic nitrogens is 2. The summed E-state index contributed by atoms with van der Waals surface area (Å²) in [6.45, 7) is 0.310. The van der Waals surface area contributed by atoms with Crippen LogP contribution in [0.1, 0.15) is 12.0 Å². The molecule has 8 nitrogen and oxygen atoms in total. The molecule has 0 radical (unpaired) electrons. The Hall–Kier alpha value is -4.46. The second-order valence-electron chi connectivity index (χ2n) is 7.31. The van der Waals surface area contributed by atoms with E-state index in [1.807, 2.05) is 48.5 Å². The normalized spacial score (nSPS) is 10.5. The van der Waals surface area contributed by atoms with Gasteiger partial charge in [-0.3, -0.25) is 9.59 Å². The van der Waals surface area contributed by atoms with Gasteiger partial charge in [0.1, 0.15) is 6.61 Å². The number of hydrogen-bond donors (Lipinski definition) is 3. The number of amides is 2. The number of nitrogens with one attached hydrogen (secondary N) is 3. The van der Waals surface area contributed by atoms with Crippen LogP contribution in [0.15, 0.2) is 83.7 Å². The van der Waals surface area contributed by atoms with Gasteiger partial charge in [0, 0.05) is 29.6 Å². The van der Waals surface area contributed by atoms with Gasteiger partial charge in [0.15, 0.2) is 0 Å². The molecule has 0 saturated carbocycles. The average Bonchev–Trinajstić information content (AvgIpc) is 2.84. The zero-order valence-electron chi connectivity index (χ0n) is 17.7. The zero-order chi connectivity index (χ0) is 23.0. The third-order valence-corrected chi connectivity index (χ3v) is 4.95. The molecule has 166 valence electrons. The van der Waals surface area contributed by atoms with Crippen molar-refractivity contribution in [2.75, 3.05) is 11.9 Å². The molecule has 0 fully saturated rings. The van der Waals surface area contributed by atoms with E-state index in [1.54, 1.807) is 30.3 Å². The van der Waals surface area contributed by atoms with Crippen LogP contribution in [0.5, 0.6) is 0 Å². The largest absolute Gasteiger partial charge is 0.445 e. The van der Waals surface area contributed by atoms with E-state index in [0.717, 1.165) is 16.5 Å². The Morgan fingerprint density at radius 2 is 1.67 bits per heavy atom. The molecular weight excluding hydrogens is 420 g/mol. The standard InChI is InChI=1S/C25H22N4O4/c30-22(13-14-26-25(32)33-16-17-7-2-1-3-8-17)27-19-10-6-9-18(15-19)23-20-11-4-5-12-21(20)24(31)29-28-23/h1-12,15H,13-14,16H2,(H,26,32)(H,27,30)(H,29,31). The lowest BCUT2D eigenvalue weighted by Gasteiger charge is -2.10. The third-order valence-electron chi connectivity index (χ3n) is 4.95. The first-order valence-electron chi connectivity index (χ1n) is 10.4. The highest BCUT2D eigenvalue weighted by molar-refractivity contribution is 5.95. The summed E-state index contributed by atoms with van der Waals surface area (Å²) >= 11 is 0. The summed E-state index contributed by atoms with van der Waals surface area (Å²) < 4.78 is 5.12. The monoisotopic (exact) mass is 442 g/mol. The minimum absolute atomic E-state index is 0.0878. The molecule has 4 rings (SSSR count). The van der Waals surface area contributed by atoms with Crippen molar-refractivity contribution < 1.29 is 14.3 Å². The average molecular weight is 442 g/mol. The van der Waals surface area contributed by atoms with Gasteiger partial charge in [-0.05, 0) is 23.8 Å². The fourth-order valence-corrected chi connectivity index (χ4v) is 3.35. The molecule has 0 unspecified atom stereocenters. The molecule has 8 heteroatoms. The van der Waals surface area contributed by atoms with E-state index in [9.17, 15) is 14.4 Å². The highest BCUT2D eigenvalue weighted by atomic mass is 16.5. The number of hydrogen-bond acceptors (Lipinski definition) is 5. The van der Waals surface area contributed by atoms with Crippen LogP contribution in [0.25, 0.3) is 22.0 Å². The van der Waals surface area contributed by atoms with Crippen molar-refractivity contribution >= 4 is 28.5 Å². The number of H-pyrrole nitrogens is 1. The smallest absolute Gasteiger partial charge is 0.407 e. The summed E-state index contributed by atoms with van der Waals surface area (Å²) in [5.41, 5.74) is 2.58. The number of nitrogens with zero attached hydrogens (tertiary/aromatic N) is 1. The van der Waals surface area contributed by atoms with Crippen LogP contribution >= 0.6 is 0 Å². The SMILES string of the molecule is O=C(CCNC(=O)OCc1ccccc1)Nc1cccc(-c2n[nH]c(=O)c3ccccc23)c1. The molecule has 1 aromatic heterocycles. The molecule has 3 aromatic carbocycles. The molecule has 1 heterocycles. The number of carbonyl (C=O) groups is 2. The van der Waals surface area contributed by atoms with E-state index < -0.39 is 6.09 Å². The number of rotatable bonds is 7. The molecule has 2 amide bonds. The van der Waals surface area contributed by atoms with Gasteiger partial charge in [0.05, 0.1) is 11.1 Å². The quantitative estimate of drug-likeness (QED) is 0.402.